The van der Waals surface area contributed by atoms with Crippen LogP contribution in [0.15, 0.2) is 23.7 Å². The van der Waals surface area contributed by atoms with E-state index in [9.17, 15) is 0 Å². The summed E-state index contributed by atoms with van der Waals surface area (Å²) in [6, 6.07) is 4.00. The molecule has 0 aliphatic heterocycles. The summed E-state index contributed by atoms with van der Waals surface area (Å²) in [5.41, 5.74) is 9.26. The third-order valence-corrected chi connectivity index (χ3v) is 3.28. The molecule has 4 heteroatoms. The van der Waals surface area contributed by atoms with Crippen molar-refractivity contribution in [3.63, 3.8) is 0 Å². The van der Waals surface area contributed by atoms with Crippen LogP contribution in [0.2, 0.25) is 0 Å². The molecule has 2 aromatic rings. The van der Waals surface area contributed by atoms with Crippen LogP contribution < -0.4 is 5.73 Å². The molecular formula is C12H15N3S. The maximum atomic E-state index is 6.11. The van der Waals surface area contributed by atoms with Gasteiger partial charge in [0, 0.05) is 29.7 Å². The highest BCUT2D eigenvalue weighted by Gasteiger charge is 2.09. The number of aryl methyl sites for hydroxylation is 2. The van der Waals surface area contributed by atoms with Gasteiger partial charge in [-0.25, -0.2) is 4.98 Å². The Kier molecular flexibility index (Phi) is 3.31. The topological polar surface area (TPSA) is 51.8 Å². The predicted molar refractivity (Wildman–Crippen MR) is 66.5 cm³/mol. The van der Waals surface area contributed by atoms with Crippen LogP contribution in [0.4, 0.5) is 0 Å². The molecule has 2 heterocycles. The highest BCUT2D eigenvalue weighted by Crippen LogP contribution is 2.17. The number of hydrogen-bond acceptors (Lipinski definition) is 4. The highest BCUT2D eigenvalue weighted by molar-refractivity contribution is 7.09. The summed E-state index contributed by atoms with van der Waals surface area (Å²) in [7, 11) is 0. The Morgan fingerprint density at radius 1 is 1.38 bits per heavy atom. The maximum Gasteiger partial charge on any atom is 0.0897 e. The summed E-state index contributed by atoms with van der Waals surface area (Å²) in [6.45, 7) is 3.98. The summed E-state index contributed by atoms with van der Waals surface area (Å²) >= 11 is 1.66. The van der Waals surface area contributed by atoms with Crippen LogP contribution in [0.25, 0.3) is 0 Å². The Labute approximate surface area is 99.4 Å². The minimum Gasteiger partial charge on any atom is -0.324 e. The Hall–Kier alpha value is -1.26. The fraction of sp³-hybridized carbons (Fsp3) is 0.333. The third kappa shape index (κ3) is 2.65. The number of nitrogens with zero attached hydrogens (tertiary/aromatic N) is 2. The van der Waals surface area contributed by atoms with Crippen LogP contribution in [-0.2, 0) is 6.42 Å². The molecule has 0 spiro atoms. The largest absolute Gasteiger partial charge is 0.324 e. The van der Waals surface area contributed by atoms with Gasteiger partial charge in [0.25, 0.3) is 0 Å². The van der Waals surface area contributed by atoms with Crippen LogP contribution in [0.3, 0.4) is 0 Å². The van der Waals surface area contributed by atoms with E-state index in [1.165, 1.54) is 0 Å². The lowest BCUT2D eigenvalue weighted by atomic mass is 10.1. The van der Waals surface area contributed by atoms with E-state index in [0.29, 0.717) is 0 Å². The summed E-state index contributed by atoms with van der Waals surface area (Å²) in [5, 5.41) is 3.15. The number of aromatic nitrogens is 2. The van der Waals surface area contributed by atoms with E-state index in [0.717, 1.165) is 28.4 Å². The second-order valence-electron chi connectivity index (χ2n) is 3.90. The molecule has 0 aromatic carbocycles. The molecule has 2 N–H and O–H groups in total. The van der Waals surface area contributed by atoms with Gasteiger partial charge < -0.3 is 5.73 Å². The normalized spacial score (nSPS) is 12.7. The van der Waals surface area contributed by atoms with Gasteiger partial charge in [-0.15, -0.1) is 11.3 Å². The van der Waals surface area contributed by atoms with E-state index in [4.69, 9.17) is 5.73 Å². The number of nitrogens with two attached hydrogens (primary N) is 1. The van der Waals surface area contributed by atoms with Crippen LogP contribution in [0.5, 0.6) is 0 Å². The molecule has 3 nitrogen and oxygen atoms in total. The van der Waals surface area contributed by atoms with Gasteiger partial charge in [-0.2, -0.15) is 0 Å². The van der Waals surface area contributed by atoms with Crippen LogP contribution in [0, 0.1) is 13.8 Å². The number of pyridine rings is 1. The second-order valence-corrected chi connectivity index (χ2v) is 4.96. The summed E-state index contributed by atoms with van der Waals surface area (Å²) in [4.78, 5) is 8.66. The zero-order valence-corrected chi connectivity index (χ0v) is 10.3. The lowest BCUT2D eigenvalue weighted by Crippen LogP contribution is -2.13. The summed E-state index contributed by atoms with van der Waals surface area (Å²) < 4.78 is 0. The molecular weight excluding hydrogens is 218 g/mol. The first-order valence-electron chi connectivity index (χ1n) is 5.24. The van der Waals surface area contributed by atoms with Gasteiger partial charge in [0.15, 0.2) is 0 Å². The van der Waals surface area contributed by atoms with Crippen LogP contribution in [0.1, 0.15) is 28.0 Å². The highest BCUT2D eigenvalue weighted by atomic mass is 32.1. The fourth-order valence-electron chi connectivity index (χ4n) is 1.54. The van der Waals surface area contributed by atoms with E-state index in [1.54, 1.807) is 11.3 Å². The van der Waals surface area contributed by atoms with Gasteiger partial charge in [0.2, 0.25) is 0 Å². The molecule has 0 fully saturated rings. The molecule has 0 aliphatic rings. The maximum absolute atomic E-state index is 6.11. The van der Waals surface area contributed by atoms with Gasteiger partial charge in [-0.05, 0) is 25.5 Å². The van der Waals surface area contributed by atoms with Gasteiger partial charge >= 0.3 is 0 Å². The van der Waals surface area contributed by atoms with E-state index < -0.39 is 0 Å². The molecule has 0 bridgehead atoms. The van der Waals surface area contributed by atoms with Crippen molar-refractivity contribution in [2.24, 2.45) is 5.73 Å². The first-order chi connectivity index (χ1) is 7.65. The Morgan fingerprint density at radius 3 is 2.75 bits per heavy atom. The van der Waals surface area contributed by atoms with Crippen molar-refractivity contribution in [1.29, 1.82) is 0 Å². The molecule has 84 valence electrons. The molecule has 16 heavy (non-hydrogen) atoms. The Balaban J connectivity index is 2.08. The van der Waals surface area contributed by atoms with Gasteiger partial charge in [0.05, 0.1) is 10.7 Å². The standard InChI is InChI=1S/C12H15N3S/c1-8-3-4-10(6-14-8)12(13)5-11-7-16-9(2)15-11/h3-4,6-7,12H,5,13H2,1-2H3. The van der Waals surface area contributed by atoms with E-state index >= 15 is 0 Å². The minimum atomic E-state index is -0.0189. The van der Waals surface area contributed by atoms with Gasteiger partial charge in [-0.3, -0.25) is 4.98 Å². The molecule has 0 saturated heterocycles. The lowest BCUT2D eigenvalue weighted by Gasteiger charge is -2.09. The number of hydrogen-bond donors (Lipinski definition) is 1. The van der Waals surface area contributed by atoms with Gasteiger partial charge in [0.1, 0.15) is 0 Å². The first-order valence-corrected chi connectivity index (χ1v) is 6.12. The molecule has 2 rings (SSSR count). The van der Waals surface area contributed by atoms with E-state index in [1.807, 2.05) is 32.2 Å². The molecule has 1 atom stereocenters. The average Bonchev–Trinajstić information content (AvgIpc) is 2.65. The Morgan fingerprint density at radius 2 is 2.19 bits per heavy atom. The number of rotatable bonds is 3. The van der Waals surface area contributed by atoms with Crippen molar-refractivity contribution in [3.05, 3.63) is 45.7 Å². The summed E-state index contributed by atoms with van der Waals surface area (Å²) in [6.07, 6.45) is 2.62. The van der Waals surface area contributed by atoms with Crippen molar-refractivity contribution in [3.8, 4) is 0 Å². The quantitative estimate of drug-likeness (QED) is 0.885. The smallest absolute Gasteiger partial charge is 0.0897 e. The molecule has 0 amide bonds. The minimum absolute atomic E-state index is 0.0189. The molecule has 0 saturated carbocycles. The molecule has 1 unspecified atom stereocenters. The predicted octanol–water partition coefficient (Wildman–Crippen LogP) is 2.40. The molecule has 0 aliphatic carbocycles. The molecule has 0 radical (unpaired) electrons. The van der Waals surface area contributed by atoms with Crippen molar-refractivity contribution < 1.29 is 0 Å². The van der Waals surface area contributed by atoms with Crippen LogP contribution in [-0.4, -0.2) is 9.97 Å². The number of thiazole rings is 1. The lowest BCUT2D eigenvalue weighted by molar-refractivity contribution is 0.704. The monoisotopic (exact) mass is 233 g/mol. The van der Waals surface area contributed by atoms with Crippen molar-refractivity contribution in [1.82, 2.24) is 9.97 Å². The summed E-state index contributed by atoms with van der Waals surface area (Å²) in [5.74, 6) is 0. The second kappa shape index (κ2) is 4.72. The van der Waals surface area contributed by atoms with E-state index in [2.05, 4.69) is 15.3 Å². The van der Waals surface area contributed by atoms with Crippen molar-refractivity contribution in [2.75, 3.05) is 0 Å². The van der Waals surface area contributed by atoms with Gasteiger partial charge in [-0.1, -0.05) is 6.07 Å². The molecule has 2 aromatic heterocycles. The SMILES string of the molecule is Cc1ccc(C(N)Cc2csc(C)n2)cn1. The van der Waals surface area contributed by atoms with Crippen LogP contribution >= 0.6 is 11.3 Å². The average molecular weight is 233 g/mol. The van der Waals surface area contributed by atoms with Crippen molar-refractivity contribution >= 4 is 11.3 Å². The zero-order chi connectivity index (χ0) is 11.5. The first kappa shape index (κ1) is 11.2. The van der Waals surface area contributed by atoms with Crippen molar-refractivity contribution in [2.45, 2.75) is 26.3 Å². The third-order valence-electron chi connectivity index (χ3n) is 2.46. The fourth-order valence-corrected chi connectivity index (χ4v) is 2.17. The van der Waals surface area contributed by atoms with E-state index in [-0.39, 0.29) is 6.04 Å². The Bertz CT molecular complexity index is 461. The zero-order valence-electron chi connectivity index (χ0n) is 9.47.